The van der Waals surface area contributed by atoms with Crippen molar-refractivity contribution in [3.05, 3.63) is 35.4 Å². The van der Waals surface area contributed by atoms with Crippen LogP contribution in [0, 0.1) is 11.6 Å². The van der Waals surface area contributed by atoms with E-state index in [2.05, 4.69) is 0 Å². The topological polar surface area (TPSA) is 35.2 Å². The molecule has 0 aromatic heterocycles. The Morgan fingerprint density at radius 2 is 1.89 bits per heavy atom. The average molecular weight is 255 g/mol. The third-order valence-corrected chi connectivity index (χ3v) is 3.45. The molecule has 4 heteroatoms. The lowest BCUT2D eigenvalue weighted by atomic mass is 10.1. The van der Waals surface area contributed by atoms with Gasteiger partial charge >= 0.3 is 0 Å². The van der Waals surface area contributed by atoms with Gasteiger partial charge in [-0.05, 0) is 30.5 Å². The maximum atomic E-state index is 13.0. The highest BCUT2D eigenvalue weighted by atomic mass is 19.2. The molecule has 1 aromatic rings. The molecule has 1 aliphatic carbocycles. The van der Waals surface area contributed by atoms with Crippen LogP contribution in [-0.2, 0) is 11.3 Å². The highest BCUT2D eigenvalue weighted by molar-refractivity contribution is 5.16. The Kier molecular flexibility index (Phi) is 4.66. The summed E-state index contributed by atoms with van der Waals surface area (Å²) in [7, 11) is 0. The third-order valence-electron chi connectivity index (χ3n) is 3.45. The van der Waals surface area contributed by atoms with Crippen molar-refractivity contribution >= 4 is 0 Å². The summed E-state index contributed by atoms with van der Waals surface area (Å²) >= 11 is 0. The first kappa shape index (κ1) is 13.4. The van der Waals surface area contributed by atoms with Crippen LogP contribution in [0.15, 0.2) is 18.2 Å². The van der Waals surface area contributed by atoms with Gasteiger partial charge in [-0.15, -0.1) is 0 Å². The largest absolute Gasteiger partial charge is 0.372 e. The second-order valence-electron chi connectivity index (χ2n) is 4.90. The molecule has 0 aliphatic heterocycles. The van der Waals surface area contributed by atoms with Crippen LogP contribution in [0.1, 0.15) is 37.7 Å². The predicted octanol–water partition coefficient (Wildman–Crippen LogP) is 3.14. The van der Waals surface area contributed by atoms with E-state index in [9.17, 15) is 8.78 Å². The number of benzene rings is 1. The Hall–Kier alpha value is -1.00. The van der Waals surface area contributed by atoms with Crippen molar-refractivity contribution in [2.24, 2.45) is 5.73 Å². The second-order valence-corrected chi connectivity index (χ2v) is 4.90. The Labute approximate surface area is 106 Å². The molecule has 2 N–H and O–H groups in total. The second kappa shape index (κ2) is 6.25. The Balaban J connectivity index is 1.91. The molecule has 0 saturated heterocycles. The standard InChI is InChI=1S/C14H19F2NO/c15-11-7-6-10(8-12(11)16)9-18-14-5-3-1-2-4-13(14)17/h6-8,13-14H,1-5,9,17H2. The van der Waals surface area contributed by atoms with Gasteiger partial charge in [0, 0.05) is 6.04 Å². The summed E-state index contributed by atoms with van der Waals surface area (Å²) in [6.07, 6.45) is 5.41. The molecule has 2 rings (SSSR count). The molecule has 2 nitrogen and oxygen atoms in total. The summed E-state index contributed by atoms with van der Waals surface area (Å²) in [5, 5.41) is 0. The molecule has 2 unspecified atom stereocenters. The number of nitrogens with two attached hydrogens (primary N) is 1. The van der Waals surface area contributed by atoms with Gasteiger partial charge in [0.2, 0.25) is 0 Å². The lowest BCUT2D eigenvalue weighted by molar-refractivity contribution is 0.0193. The van der Waals surface area contributed by atoms with E-state index in [0.29, 0.717) is 5.56 Å². The van der Waals surface area contributed by atoms with Gasteiger partial charge in [0.15, 0.2) is 11.6 Å². The monoisotopic (exact) mass is 255 g/mol. The van der Waals surface area contributed by atoms with E-state index in [1.165, 1.54) is 12.5 Å². The van der Waals surface area contributed by atoms with Crippen molar-refractivity contribution in [1.82, 2.24) is 0 Å². The highest BCUT2D eigenvalue weighted by Crippen LogP contribution is 2.20. The summed E-state index contributed by atoms with van der Waals surface area (Å²) in [4.78, 5) is 0. The number of halogens is 2. The van der Waals surface area contributed by atoms with Crippen molar-refractivity contribution in [1.29, 1.82) is 0 Å². The van der Waals surface area contributed by atoms with Crippen LogP contribution in [-0.4, -0.2) is 12.1 Å². The fourth-order valence-corrected chi connectivity index (χ4v) is 2.34. The summed E-state index contributed by atoms with van der Waals surface area (Å²) in [5.74, 6) is -1.66. The van der Waals surface area contributed by atoms with Gasteiger partial charge in [-0.3, -0.25) is 0 Å². The normalized spacial score (nSPS) is 24.8. The number of ether oxygens (including phenoxy) is 1. The Bertz CT molecular complexity index is 397. The summed E-state index contributed by atoms with van der Waals surface area (Å²) < 4.78 is 31.5. The Morgan fingerprint density at radius 3 is 2.67 bits per heavy atom. The smallest absolute Gasteiger partial charge is 0.159 e. The molecule has 0 amide bonds. The van der Waals surface area contributed by atoms with E-state index < -0.39 is 11.6 Å². The van der Waals surface area contributed by atoms with E-state index in [1.54, 1.807) is 6.07 Å². The lowest BCUT2D eigenvalue weighted by Crippen LogP contribution is -2.35. The fraction of sp³-hybridized carbons (Fsp3) is 0.571. The molecule has 0 radical (unpaired) electrons. The van der Waals surface area contributed by atoms with Gasteiger partial charge in [-0.1, -0.05) is 25.3 Å². The van der Waals surface area contributed by atoms with Crippen LogP contribution in [0.2, 0.25) is 0 Å². The lowest BCUT2D eigenvalue weighted by Gasteiger charge is -2.21. The SMILES string of the molecule is NC1CCCCCC1OCc1ccc(F)c(F)c1. The minimum absolute atomic E-state index is 0.0283. The molecule has 18 heavy (non-hydrogen) atoms. The van der Waals surface area contributed by atoms with Gasteiger partial charge in [0.1, 0.15) is 0 Å². The molecule has 100 valence electrons. The minimum Gasteiger partial charge on any atom is -0.372 e. The molecule has 1 aliphatic rings. The van der Waals surface area contributed by atoms with Gasteiger partial charge < -0.3 is 10.5 Å². The maximum Gasteiger partial charge on any atom is 0.159 e. The molecular weight excluding hydrogens is 236 g/mol. The first-order valence-corrected chi connectivity index (χ1v) is 6.48. The highest BCUT2D eigenvalue weighted by Gasteiger charge is 2.20. The zero-order valence-corrected chi connectivity index (χ0v) is 10.4. The molecule has 1 saturated carbocycles. The molecule has 2 atom stereocenters. The zero-order chi connectivity index (χ0) is 13.0. The van der Waals surface area contributed by atoms with E-state index in [0.717, 1.165) is 31.7 Å². The quantitative estimate of drug-likeness (QED) is 0.842. The van der Waals surface area contributed by atoms with Crippen molar-refractivity contribution in [3.63, 3.8) is 0 Å². The fourth-order valence-electron chi connectivity index (χ4n) is 2.34. The van der Waals surface area contributed by atoms with Crippen LogP contribution < -0.4 is 5.73 Å². The first-order valence-electron chi connectivity index (χ1n) is 6.48. The van der Waals surface area contributed by atoms with Crippen LogP contribution in [0.4, 0.5) is 8.78 Å². The maximum absolute atomic E-state index is 13.0. The van der Waals surface area contributed by atoms with E-state index >= 15 is 0 Å². The molecule has 1 fully saturated rings. The molecule has 0 spiro atoms. The number of rotatable bonds is 3. The summed E-state index contributed by atoms with van der Waals surface area (Å²) in [6, 6.07) is 3.90. The van der Waals surface area contributed by atoms with Crippen molar-refractivity contribution < 1.29 is 13.5 Å². The van der Waals surface area contributed by atoms with Crippen LogP contribution >= 0.6 is 0 Å². The average Bonchev–Trinajstić information content (AvgIpc) is 2.56. The molecular formula is C14H19F2NO. The Morgan fingerprint density at radius 1 is 1.11 bits per heavy atom. The third kappa shape index (κ3) is 3.50. The van der Waals surface area contributed by atoms with E-state index in [-0.39, 0.29) is 18.8 Å². The first-order chi connectivity index (χ1) is 8.66. The van der Waals surface area contributed by atoms with Crippen molar-refractivity contribution in [3.8, 4) is 0 Å². The number of hydrogen-bond acceptors (Lipinski definition) is 2. The number of hydrogen-bond donors (Lipinski definition) is 1. The van der Waals surface area contributed by atoms with Crippen LogP contribution in [0.25, 0.3) is 0 Å². The van der Waals surface area contributed by atoms with Crippen LogP contribution in [0.3, 0.4) is 0 Å². The van der Waals surface area contributed by atoms with Crippen molar-refractivity contribution in [2.45, 2.75) is 50.9 Å². The van der Waals surface area contributed by atoms with E-state index in [1.807, 2.05) is 0 Å². The van der Waals surface area contributed by atoms with Crippen molar-refractivity contribution in [2.75, 3.05) is 0 Å². The molecule has 1 aromatic carbocycles. The molecule has 0 heterocycles. The van der Waals surface area contributed by atoms with Crippen LogP contribution in [0.5, 0.6) is 0 Å². The predicted molar refractivity (Wildman–Crippen MR) is 66.0 cm³/mol. The van der Waals surface area contributed by atoms with Gasteiger partial charge in [0.05, 0.1) is 12.7 Å². The van der Waals surface area contributed by atoms with Gasteiger partial charge in [-0.2, -0.15) is 0 Å². The van der Waals surface area contributed by atoms with Gasteiger partial charge in [-0.25, -0.2) is 8.78 Å². The zero-order valence-electron chi connectivity index (χ0n) is 10.4. The van der Waals surface area contributed by atoms with Gasteiger partial charge in [0.25, 0.3) is 0 Å². The molecule has 0 bridgehead atoms. The summed E-state index contributed by atoms with van der Waals surface area (Å²) in [6.45, 7) is 0.287. The van der Waals surface area contributed by atoms with E-state index in [4.69, 9.17) is 10.5 Å². The summed E-state index contributed by atoms with van der Waals surface area (Å²) in [5.41, 5.74) is 6.68. The minimum atomic E-state index is -0.832.